The maximum absolute atomic E-state index is 10.5. The summed E-state index contributed by atoms with van der Waals surface area (Å²) in [6.45, 7) is 5.10. The van der Waals surface area contributed by atoms with Gasteiger partial charge in [0.05, 0.1) is 12.2 Å². The van der Waals surface area contributed by atoms with Crippen molar-refractivity contribution < 1.29 is 9.84 Å². The second-order valence-electron chi connectivity index (χ2n) is 5.21. The molecule has 0 bridgehead atoms. The van der Waals surface area contributed by atoms with E-state index in [2.05, 4.69) is 32.0 Å². The van der Waals surface area contributed by atoms with Gasteiger partial charge in [-0.1, -0.05) is 44.5 Å². The van der Waals surface area contributed by atoms with E-state index in [1.54, 1.807) is 0 Å². The molecule has 0 radical (unpaired) electrons. The van der Waals surface area contributed by atoms with E-state index < -0.39 is 0 Å². The summed E-state index contributed by atoms with van der Waals surface area (Å²) in [6.07, 6.45) is 4.01. The van der Waals surface area contributed by atoms with Gasteiger partial charge >= 0.3 is 0 Å². The van der Waals surface area contributed by atoms with Gasteiger partial charge in [-0.3, -0.25) is 0 Å². The number of aliphatic hydroxyl groups is 1. The van der Waals surface area contributed by atoms with Crippen molar-refractivity contribution in [2.45, 2.75) is 51.7 Å². The first-order chi connectivity index (χ1) is 8.76. The Morgan fingerprint density at radius 1 is 1.39 bits per heavy atom. The lowest BCUT2D eigenvalue weighted by atomic mass is 9.88. The molecule has 1 aliphatic rings. The summed E-state index contributed by atoms with van der Waals surface area (Å²) in [6, 6.07) is 8.39. The van der Waals surface area contributed by atoms with E-state index in [1.165, 1.54) is 5.56 Å². The van der Waals surface area contributed by atoms with Gasteiger partial charge in [-0.15, -0.1) is 0 Å². The number of aliphatic hydroxyl groups excluding tert-OH is 1. The molecule has 1 N–H and O–H groups in total. The average Bonchev–Trinajstić information content (AvgIpc) is 2.87. The van der Waals surface area contributed by atoms with Gasteiger partial charge in [0.15, 0.2) is 0 Å². The van der Waals surface area contributed by atoms with Crippen LogP contribution in [0.3, 0.4) is 0 Å². The number of rotatable bonds is 5. The van der Waals surface area contributed by atoms with Gasteiger partial charge in [-0.2, -0.15) is 0 Å². The third-order valence-electron chi connectivity index (χ3n) is 3.90. The molecule has 3 atom stereocenters. The molecule has 1 aliphatic heterocycles. The zero-order chi connectivity index (χ0) is 13.0. The SMILES string of the molecule is CCCc1cccc(C(O)C2CCOC2CC)c1. The van der Waals surface area contributed by atoms with Crippen LogP contribution in [0.25, 0.3) is 0 Å². The molecule has 3 unspecified atom stereocenters. The van der Waals surface area contributed by atoms with Gasteiger partial charge in [-0.05, 0) is 30.4 Å². The molecule has 1 heterocycles. The van der Waals surface area contributed by atoms with Crippen molar-refractivity contribution in [3.63, 3.8) is 0 Å². The van der Waals surface area contributed by atoms with Crippen LogP contribution in [0, 0.1) is 5.92 Å². The molecule has 0 aromatic heterocycles. The lowest BCUT2D eigenvalue weighted by molar-refractivity contribution is 0.0307. The fourth-order valence-electron chi connectivity index (χ4n) is 2.92. The number of ether oxygens (including phenoxy) is 1. The number of benzene rings is 1. The minimum absolute atomic E-state index is 0.217. The van der Waals surface area contributed by atoms with Gasteiger partial charge in [0, 0.05) is 12.5 Å². The Hall–Kier alpha value is -0.860. The Labute approximate surface area is 110 Å². The van der Waals surface area contributed by atoms with Crippen LogP contribution in [0.4, 0.5) is 0 Å². The highest BCUT2D eigenvalue weighted by Gasteiger charge is 2.33. The van der Waals surface area contributed by atoms with Crippen LogP contribution in [0.2, 0.25) is 0 Å². The lowest BCUT2D eigenvalue weighted by Crippen LogP contribution is -2.22. The molecule has 1 aromatic rings. The number of aryl methyl sites for hydroxylation is 1. The smallest absolute Gasteiger partial charge is 0.0843 e. The Morgan fingerprint density at radius 2 is 2.22 bits per heavy atom. The van der Waals surface area contributed by atoms with Gasteiger partial charge < -0.3 is 9.84 Å². The molecule has 1 fully saturated rings. The minimum atomic E-state index is -0.380. The standard InChI is InChI=1S/C16H24O2/c1-3-6-12-7-5-8-13(11-12)16(17)14-9-10-18-15(14)4-2/h5,7-8,11,14-17H,3-4,6,9-10H2,1-2H3. The maximum Gasteiger partial charge on any atom is 0.0843 e. The maximum atomic E-state index is 10.5. The highest BCUT2D eigenvalue weighted by Crippen LogP contribution is 2.34. The van der Waals surface area contributed by atoms with Crippen LogP contribution in [0.5, 0.6) is 0 Å². The first-order valence-corrected chi connectivity index (χ1v) is 7.14. The molecule has 2 nitrogen and oxygen atoms in total. The topological polar surface area (TPSA) is 29.5 Å². The first-order valence-electron chi connectivity index (χ1n) is 7.14. The lowest BCUT2D eigenvalue weighted by Gasteiger charge is -2.23. The molecule has 0 amide bonds. The van der Waals surface area contributed by atoms with Crippen molar-refractivity contribution in [2.24, 2.45) is 5.92 Å². The summed E-state index contributed by atoms with van der Waals surface area (Å²) in [5.41, 5.74) is 2.37. The molecule has 100 valence electrons. The monoisotopic (exact) mass is 248 g/mol. The van der Waals surface area contributed by atoms with E-state index in [4.69, 9.17) is 4.74 Å². The molecular weight excluding hydrogens is 224 g/mol. The van der Waals surface area contributed by atoms with Crippen LogP contribution in [-0.2, 0) is 11.2 Å². The fourth-order valence-corrected chi connectivity index (χ4v) is 2.92. The van der Waals surface area contributed by atoms with Crippen molar-refractivity contribution in [1.82, 2.24) is 0 Å². The van der Waals surface area contributed by atoms with E-state index in [0.717, 1.165) is 37.9 Å². The molecule has 1 saturated heterocycles. The van der Waals surface area contributed by atoms with Gasteiger partial charge in [0.2, 0.25) is 0 Å². The summed E-state index contributed by atoms with van der Waals surface area (Å²) in [5.74, 6) is 0.256. The van der Waals surface area contributed by atoms with Gasteiger partial charge in [0.25, 0.3) is 0 Å². The van der Waals surface area contributed by atoms with Crippen LogP contribution in [0.15, 0.2) is 24.3 Å². The van der Waals surface area contributed by atoms with E-state index in [0.29, 0.717) is 0 Å². The normalized spacial score (nSPS) is 25.3. The molecule has 0 spiro atoms. The average molecular weight is 248 g/mol. The summed E-state index contributed by atoms with van der Waals surface area (Å²) in [5, 5.41) is 10.5. The Bertz CT molecular complexity index is 375. The number of hydrogen-bond donors (Lipinski definition) is 1. The quantitative estimate of drug-likeness (QED) is 0.864. The third-order valence-corrected chi connectivity index (χ3v) is 3.90. The van der Waals surface area contributed by atoms with Gasteiger partial charge in [0.1, 0.15) is 0 Å². The molecule has 18 heavy (non-hydrogen) atoms. The summed E-state index contributed by atoms with van der Waals surface area (Å²) >= 11 is 0. The second kappa shape index (κ2) is 6.35. The van der Waals surface area contributed by atoms with Crippen molar-refractivity contribution in [1.29, 1.82) is 0 Å². The molecular formula is C16H24O2. The Morgan fingerprint density at radius 3 is 2.94 bits per heavy atom. The van der Waals surface area contributed by atoms with Crippen LogP contribution < -0.4 is 0 Å². The predicted molar refractivity (Wildman–Crippen MR) is 73.5 cm³/mol. The molecule has 2 heteroatoms. The van der Waals surface area contributed by atoms with E-state index >= 15 is 0 Å². The molecule has 0 aliphatic carbocycles. The van der Waals surface area contributed by atoms with E-state index in [1.807, 2.05) is 6.07 Å². The highest BCUT2D eigenvalue weighted by molar-refractivity contribution is 5.26. The van der Waals surface area contributed by atoms with Gasteiger partial charge in [-0.25, -0.2) is 0 Å². The Balaban J connectivity index is 2.12. The zero-order valence-electron chi connectivity index (χ0n) is 11.4. The van der Waals surface area contributed by atoms with Crippen molar-refractivity contribution >= 4 is 0 Å². The first kappa shape index (κ1) is 13.6. The third kappa shape index (κ3) is 2.93. The minimum Gasteiger partial charge on any atom is -0.388 e. The molecule has 2 rings (SSSR count). The van der Waals surface area contributed by atoms with Crippen LogP contribution in [-0.4, -0.2) is 17.8 Å². The fraction of sp³-hybridized carbons (Fsp3) is 0.625. The molecule has 1 aromatic carbocycles. The van der Waals surface area contributed by atoms with Crippen molar-refractivity contribution in [3.05, 3.63) is 35.4 Å². The van der Waals surface area contributed by atoms with E-state index in [9.17, 15) is 5.11 Å². The highest BCUT2D eigenvalue weighted by atomic mass is 16.5. The Kier molecular flexibility index (Phi) is 4.79. The summed E-state index contributed by atoms with van der Waals surface area (Å²) in [7, 11) is 0. The van der Waals surface area contributed by atoms with Crippen LogP contribution in [0.1, 0.15) is 50.3 Å². The number of hydrogen-bond acceptors (Lipinski definition) is 2. The van der Waals surface area contributed by atoms with E-state index in [-0.39, 0.29) is 18.1 Å². The van der Waals surface area contributed by atoms with Crippen molar-refractivity contribution in [2.75, 3.05) is 6.61 Å². The summed E-state index contributed by atoms with van der Waals surface area (Å²) < 4.78 is 5.68. The van der Waals surface area contributed by atoms with Crippen LogP contribution >= 0.6 is 0 Å². The van der Waals surface area contributed by atoms with Crippen molar-refractivity contribution in [3.8, 4) is 0 Å². The largest absolute Gasteiger partial charge is 0.388 e. The second-order valence-corrected chi connectivity index (χ2v) is 5.21. The summed E-state index contributed by atoms with van der Waals surface area (Å²) in [4.78, 5) is 0. The zero-order valence-corrected chi connectivity index (χ0v) is 11.4. The molecule has 0 saturated carbocycles. The predicted octanol–water partition coefficient (Wildman–Crippen LogP) is 3.49.